The number of thiazole rings is 1. The van der Waals surface area contributed by atoms with Crippen molar-refractivity contribution in [3.8, 4) is 16.9 Å². The van der Waals surface area contributed by atoms with E-state index >= 15 is 0 Å². The molecule has 0 atom stereocenters. The fraction of sp³-hybridized carbons (Fsp3) is 0.176. The first kappa shape index (κ1) is 17.6. The van der Waals surface area contributed by atoms with Crippen LogP contribution in [0.5, 0.6) is 5.75 Å². The first-order chi connectivity index (χ1) is 12.6. The van der Waals surface area contributed by atoms with E-state index in [1.54, 1.807) is 18.5 Å². The van der Waals surface area contributed by atoms with E-state index in [-0.39, 0.29) is 6.03 Å². The van der Waals surface area contributed by atoms with E-state index in [9.17, 15) is 9.59 Å². The van der Waals surface area contributed by atoms with E-state index in [1.165, 1.54) is 18.4 Å². The number of hydrogen-bond acceptors (Lipinski definition) is 7. The van der Waals surface area contributed by atoms with Gasteiger partial charge in [0.15, 0.2) is 10.9 Å². The summed E-state index contributed by atoms with van der Waals surface area (Å²) in [5, 5.41) is 5.69. The highest BCUT2D eigenvalue weighted by Crippen LogP contribution is 2.38. The van der Waals surface area contributed by atoms with Crippen LogP contribution in [-0.2, 0) is 4.74 Å². The minimum Gasteiger partial charge on any atom is -0.437 e. The van der Waals surface area contributed by atoms with Gasteiger partial charge >= 0.3 is 12.2 Å². The maximum Gasteiger partial charge on any atom is 0.513 e. The van der Waals surface area contributed by atoms with Crippen LogP contribution < -0.4 is 15.4 Å². The van der Waals surface area contributed by atoms with Crippen LogP contribution in [0.25, 0.3) is 21.3 Å². The van der Waals surface area contributed by atoms with Crippen LogP contribution in [-0.4, -0.2) is 35.8 Å². The lowest BCUT2D eigenvalue weighted by Gasteiger charge is -2.07. The van der Waals surface area contributed by atoms with Gasteiger partial charge in [-0.2, -0.15) is 0 Å². The Morgan fingerprint density at radius 2 is 2.12 bits per heavy atom. The average Bonchev–Trinajstić information content (AvgIpc) is 3.05. The van der Waals surface area contributed by atoms with E-state index in [0.29, 0.717) is 27.6 Å². The summed E-state index contributed by atoms with van der Waals surface area (Å²) in [4.78, 5) is 31.8. The first-order valence-electron chi connectivity index (χ1n) is 7.76. The quantitative estimate of drug-likeness (QED) is 0.535. The minimum atomic E-state index is -0.832. The molecule has 2 heterocycles. The molecule has 0 saturated heterocycles. The number of benzene rings is 1. The Morgan fingerprint density at radius 3 is 2.81 bits per heavy atom. The van der Waals surface area contributed by atoms with Gasteiger partial charge in [0.05, 0.1) is 17.3 Å². The third-order valence-corrected chi connectivity index (χ3v) is 4.37. The van der Waals surface area contributed by atoms with Crippen molar-refractivity contribution in [1.29, 1.82) is 0 Å². The summed E-state index contributed by atoms with van der Waals surface area (Å²) >= 11 is 1.20. The number of aromatic nitrogens is 2. The fourth-order valence-corrected chi connectivity index (χ4v) is 3.16. The molecule has 134 valence electrons. The Labute approximate surface area is 153 Å². The van der Waals surface area contributed by atoms with Gasteiger partial charge in [-0.1, -0.05) is 17.4 Å². The summed E-state index contributed by atoms with van der Waals surface area (Å²) in [6.07, 6.45) is 2.54. The van der Waals surface area contributed by atoms with Crippen molar-refractivity contribution in [2.45, 2.75) is 6.92 Å². The summed E-state index contributed by atoms with van der Waals surface area (Å²) < 4.78 is 10.5. The van der Waals surface area contributed by atoms with Gasteiger partial charge in [-0.25, -0.2) is 14.6 Å². The Hall–Kier alpha value is -3.20. The Kier molecular flexibility index (Phi) is 5.28. The lowest BCUT2D eigenvalue weighted by Crippen LogP contribution is -2.28. The number of carbonyl (C=O) groups excluding carboxylic acids is 2. The molecule has 1 aromatic carbocycles. The smallest absolute Gasteiger partial charge is 0.437 e. The number of fused-ring (bicyclic) bond motifs is 1. The number of amides is 2. The van der Waals surface area contributed by atoms with Crippen molar-refractivity contribution >= 4 is 38.9 Å². The predicted octanol–water partition coefficient (Wildman–Crippen LogP) is 3.64. The summed E-state index contributed by atoms with van der Waals surface area (Å²) in [7, 11) is 1.24. The van der Waals surface area contributed by atoms with Crippen molar-refractivity contribution in [3.05, 3.63) is 36.7 Å². The second kappa shape index (κ2) is 7.79. The highest BCUT2D eigenvalue weighted by atomic mass is 32.1. The van der Waals surface area contributed by atoms with E-state index in [2.05, 4.69) is 25.3 Å². The lowest BCUT2D eigenvalue weighted by atomic mass is 10.1. The number of anilines is 1. The molecule has 0 aliphatic heterocycles. The molecule has 9 heteroatoms. The Morgan fingerprint density at radius 1 is 1.27 bits per heavy atom. The molecule has 2 N–H and O–H groups in total. The summed E-state index contributed by atoms with van der Waals surface area (Å²) in [6, 6.07) is 6.90. The van der Waals surface area contributed by atoms with Gasteiger partial charge in [0.1, 0.15) is 0 Å². The number of carbonyl (C=O) groups is 2. The molecule has 0 aliphatic rings. The highest BCUT2D eigenvalue weighted by molar-refractivity contribution is 7.22. The van der Waals surface area contributed by atoms with Gasteiger partial charge in [-0.15, -0.1) is 0 Å². The molecule has 3 rings (SSSR count). The van der Waals surface area contributed by atoms with E-state index in [0.717, 1.165) is 11.1 Å². The van der Waals surface area contributed by atoms with Gasteiger partial charge in [-0.05, 0) is 30.7 Å². The van der Waals surface area contributed by atoms with Crippen molar-refractivity contribution in [1.82, 2.24) is 15.3 Å². The summed E-state index contributed by atoms with van der Waals surface area (Å²) in [5.74, 6) is 0.301. The summed E-state index contributed by atoms with van der Waals surface area (Å²) in [6.45, 7) is 2.32. The topological polar surface area (TPSA) is 102 Å². The molecule has 0 fully saturated rings. The van der Waals surface area contributed by atoms with Crippen molar-refractivity contribution in [2.24, 2.45) is 0 Å². The molecule has 0 bridgehead atoms. The van der Waals surface area contributed by atoms with Crippen LogP contribution in [0.2, 0.25) is 0 Å². The fourth-order valence-electron chi connectivity index (χ4n) is 2.26. The molecule has 8 nitrogen and oxygen atoms in total. The molecule has 0 spiro atoms. The van der Waals surface area contributed by atoms with Crippen molar-refractivity contribution < 1.29 is 19.1 Å². The van der Waals surface area contributed by atoms with Crippen LogP contribution in [0, 0.1) is 0 Å². The maximum atomic E-state index is 11.7. The number of nitrogens with zero attached hydrogens (tertiary/aromatic N) is 2. The van der Waals surface area contributed by atoms with Gasteiger partial charge < -0.3 is 14.8 Å². The lowest BCUT2D eigenvalue weighted by molar-refractivity contribution is 0.122. The number of methoxy groups -OCH3 is 1. The van der Waals surface area contributed by atoms with Crippen LogP contribution in [0.3, 0.4) is 0 Å². The predicted molar refractivity (Wildman–Crippen MR) is 98.6 cm³/mol. The molecule has 0 aliphatic carbocycles. The first-order valence-corrected chi connectivity index (χ1v) is 8.58. The average molecular weight is 372 g/mol. The second-order valence-corrected chi connectivity index (χ2v) is 6.12. The maximum absolute atomic E-state index is 11.7. The van der Waals surface area contributed by atoms with Gasteiger partial charge in [-0.3, -0.25) is 10.3 Å². The Bertz CT molecular complexity index is 943. The molecule has 0 saturated carbocycles. The van der Waals surface area contributed by atoms with Gasteiger partial charge in [0.2, 0.25) is 0 Å². The van der Waals surface area contributed by atoms with E-state index in [1.807, 2.05) is 25.1 Å². The third-order valence-electron chi connectivity index (χ3n) is 3.37. The molecule has 2 aromatic heterocycles. The molecular formula is C17H16N4O4S. The number of rotatable bonds is 4. The zero-order chi connectivity index (χ0) is 18.5. The van der Waals surface area contributed by atoms with E-state index < -0.39 is 6.16 Å². The Balaban J connectivity index is 2.05. The molecule has 0 radical (unpaired) electrons. The highest BCUT2D eigenvalue weighted by Gasteiger charge is 2.16. The third kappa shape index (κ3) is 3.89. The standard InChI is InChI=1S/C17H16N4O4S/c1-3-19-15(22)21-16-20-12-7-11(10-5-4-6-18-9-10)8-13(14(12)26-16)25-17(23)24-2/h4-9H,3H2,1-2H3,(H2,19,20,21,22). The normalized spacial score (nSPS) is 10.4. The molecular weight excluding hydrogens is 356 g/mol. The largest absolute Gasteiger partial charge is 0.513 e. The second-order valence-electron chi connectivity index (χ2n) is 5.12. The van der Waals surface area contributed by atoms with Crippen molar-refractivity contribution in [3.63, 3.8) is 0 Å². The molecule has 3 aromatic rings. The van der Waals surface area contributed by atoms with E-state index in [4.69, 9.17) is 4.74 Å². The van der Waals surface area contributed by atoms with Crippen LogP contribution in [0.15, 0.2) is 36.7 Å². The van der Waals surface area contributed by atoms with Crippen LogP contribution in [0.1, 0.15) is 6.92 Å². The number of pyridine rings is 1. The number of ether oxygens (including phenoxy) is 2. The SMILES string of the molecule is CCNC(=O)Nc1nc2cc(-c3cccnc3)cc(OC(=O)OC)c2s1. The van der Waals surface area contributed by atoms with Gasteiger partial charge in [0, 0.05) is 24.5 Å². The van der Waals surface area contributed by atoms with Crippen molar-refractivity contribution in [2.75, 3.05) is 19.0 Å². The van der Waals surface area contributed by atoms with Crippen LogP contribution in [0.4, 0.5) is 14.7 Å². The van der Waals surface area contributed by atoms with Crippen LogP contribution >= 0.6 is 11.3 Å². The monoisotopic (exact) mass is 372 g/mol. The minimum absolute atomic E-state index is 0.301. The number of urea groups is 1. The molecule has 2 amide bonds. The molecule has 0 unspecified atom stereocenters. The zero-order valence-electron chi connectivity index (χ0n) is 14.1. The van der Waals surface area contributed by atoms with Gasteiger partial charge in [0.25, 0.3) is 0 Å². The zero-order valence-corrected chi connectivity index (χ0v) is 14.9. The molecule has 26 heavy (non-hydrogen) atoms. The number of nitrogens with one attached hydrogen (secondary N) is 2. The summed E-state index contributed by atoms with van der Waals surface area (Å²) in [5.41, 5.74) is 2.21. The number of hydrogen-bond donors (Lipinski definition) is 2.